The van der Waals surface area contributed by atoms with E-state index in [9.17, 15) is 4.79 Å². The Labute approximate surface area is 198 Å². The molecule has 0 aliphatic rings. The van der Waals surface area contributed by atoms with Crippen molar-refractivity contribution in [2.75, 3.05) is 6.54 Å². The zero-order chi connectivity index (χ0) is 23.5. The number of carbonyl (C=O) groups excluding carboxylic acids is 1. The van der Waals surface area contributed by atoms with E-state index in [1.807, 2.05) is 48.5 Å². The largest absolute Gasteiger partial charge is 0.421 e. The molecule has 0 aliphatic carbocycles. The zero-order valence-corrected chi connectivity index (χ0v) is 19.2. The smallest absolute Gasteiger partial charge is 0.247 e. The number of benzene rings is 3. The number of nitrogens with zero attached hydrogens (tertiary/aromatic N) is 2. The van der Waals surface area contributed by atoms with Gasteiger partial charge in [0.2, 0.25) is 11.8 Å². The molecule has 0 amide bonds. The minimum Gasteiger partial charge on any atom is -0.421 e. The monoisotopic (exact) mass is 450 g/mol. The third-order valence-corrected chi connectivity index (χ3v) is 6.00. The van der Waals surface area contributed by atoms with Crippen molar-refractivity contribution in [3.63, 3.8) is 0 Å². The highest BCUT2D eigenvalue weighted by Gasteiger charge is 2.24. The molecular formula is C28H26N4O2. The molecule has 0 fully saturated rings. The quantitative estimate of drug-likeness (QED) is 0.301. The van der Waals surface area contributed by atoms with Crippen molar-refractivity contribution in [3.8, 4) is 11.5 Å². The van der Waals surface area contributed by atoms with Gasteiger partial charge >= 0.3 is 0 Å². The van der Waals surface area contributed by atoms with Gasteiger partial charge in [-0.1, -0.05) is 66.2 Å². The maximum atomic E-state index is 13.7. The Kier molecular flexibility index (Phi) is 6.06. The first kappa shape index (κ1) is 21.8. The fraction of sp³-hybridized carbons (Fsp3) is 0.179. The summed E-state index contributed by atoms with van der Waals surface area (Å²) in [5.41, 5.74) is 5.75. The highest BCUT2D eigenvalue weighted by atomic mass is 16.4. The number of hydrogen-bond acceptors (Lipinski definition) is 5. The summed E-state index contributed by atoms with van der Waals surface area (Å²) in [5, 5.41) is 12.3. The standard InChI is InChI=1S/C28H26N4O2/c1-18-8-10-20(11-9-18)14-15-29-26(21-6-4-3-5-7-21)27(33)24-17-30-25-16-22(12-13-23(24)25)28-32-31-19(2)34-28/h3-13,16-17,26,29-30H,14-15H2,1-2H3/t26-/m0/s1. The Balaban J connectivity index is 1.40. The predicted molar refractivity (Wildman–Crippen MR) is 133 cm³/mol. The Hall–Kier alpha value is -4.03. The van der Waals surface area contributed by atoms with Crippen LogP contribution in [0.2, 0.25) is 0 Å². The molecule has 34 heavy (non-hydrogen) atoms. The maximum Gasteiger partial charge on any atom is 0.247 e. The summed E-state index contributed by atoms with van der Waals surface area (Å²) in [6.07, 6.45) is 2.63. The second-order valence-corrected chi connectivity index (χ2v) is 8.49. The third-order valence-electron chi connectivity index (χ3n) is 6.00. The molecule has 0 aliphatic heterocycles. The van der Waals surface area contributed by atoms with Gasteiger partial charge in [0.05, 0.1) is 6.04 Å². The molecule has 0 unspecified atom stereocenters. The van der Waals surface area contributed by atoms with Crippen molar-refractivity contribution in [2.24, 2.45) is 0 Å². The van der Waals surface area contributed by atoms with E-state index in [1.54, 1.807) is 13.1 Å². The highest BCUT2D eigenvalue weighted by molar-refractivity contribution is 6.11. The van der Waals surface area contributed by atoms with E-state index in [-0.39, 0.29) is 5.78 Å². The van der Waals surface area contributed by atoms with Crippen LogP contribution in [0.3, 0.4) is 0 Å². The van der Waals surface area contributed by atoms with Gasteiger partial charge in [0.1, 0.15) is 0 Å². The van der Waals surface area contributed by atoms with Crippen LogP contribution in [-0.4, -0.2) is 27.5 Å². The van der Waals surface area contributed by atoms with Gasteiger partial charge in [0, 0.05) is 41.7 Å². The van der Waals surface area contributed by atoms with E-state index >= 15 is 0 Å². The summed E-state index contributed by atoms with van der Waals surface area (Å²) >= 11 is 0. The second-order valence-electron chi connectivity index (χ2n) is 8.49. The lowest BCUT2D eigenvalue weighted by Crippen LogP contribution is -2.30. The van der Waals surface area contributed by atoms with Crippen molar-refractivity contribution in [1.82, 2.24) is 20.5 Å². The first-order valence-electron chi connectivity index (χ1n) is 11.4. The molecule has 5 aromatic rings. The van der Waals surface area contributed by atoms with Crippen LogP contribution in [0.25, 0.3) is 22.4 Å². The van der Waals surface area contributed by atoms with E-state index in [0.717, 1.165) is 28.5 Å². The number of Topliss-reactive ketones (excluding diaryl/α,β-unsaturated/α-hetero) is 1. The molecule has 1 atom stereocenters. The number of aromatic nitrogens is 3. The normalized spacial score (nSPS) is 12.2. The average molecular weight is 451 g/mol. The number of fused-ring (bicyclic) bond motifs is 1. The van der Waals surface area contributed by atoms with Crippen molar-refractivity contribution in [3.05, 3.63) is 107 Å². The molecule has 2 N–H and O–H groups in total. The van der Waals surface area contributed by atoms with Gasteiger partial charge in [-0.05, 0) is 36.6 Å². The van der Waals surface area contributed by atoms with E-state index in [0.29, 0.717) is 23.9 Å². The number of H-pyrrole nitrogens is 1. The van der Waals surface area contributed by atoms with Crippen LogP contribution < -0.4 is 5.32 Å². The van der Waals surface area contributed by atoms with Gasteiger partial charge in [-0.3, -0.25) is 4.79 Å². The van der Waals surface area contributed by atoms with Crippen molar-refractivity contribution in [1.29, 1.82) is 0 Å². The molecule has 6 nitrogen and oxygen atoms in total. The molecule has 6 heteroatoms. The fourth-order valence-corrected chi connectivity index (χ4v) is 4.15. The summed E-state index contributed by atoms with van der Waals surface area (Å²) in [7, 11) is 0. The van der Waals surface area contributed by atoms with E-state index in [4.69, 9.17) is 4.42 Å². The summed E-state index contributed by atoms with van der Waals surface area (Å²) in [6.45, 7) is 4.53. The van der Waals surface area contributed by atoms with Crippen LogP contribution in [0, 0.1) is 13.8 Å². The van der Waals surface area contributed by atoms with Crippen LogP contribution in [0.5, 0.6) is 0 Å². The molecule has 5 rings (SSSR count). The number of carbonyl (C=O) groups is 1. The number of hydrogen-bond donors (Lipinski definition) is 2. The van der Waals surface area contributed by atoms with Crippen LogP contribution >= 0.6 is 0 Å². The van der Waals surface area contributed by atoms with Crippen LogP contribution in [-0.2, 0) is 6.42 Å². The first-order valence-corrected chi connectivity index (χ1v) is 11.4. The minimum absolute atomic E-state index is 0.0303. The molecule has 0 bridgehead atoms. The van der Waals surface area contributed by atoms with Gasteiger partial charge in [-0.25, -0.2) is 0 Å². The molecule has 0 saturated heterocycles. The van der Waals surface area contributed by atoms with Crippen molar-refractivity contribution in [2.45, 2.75) is 26.3 Å². The predicted octanol–water partition coefficient (Wildman–Crippen LogP) is 5.59. The molecule has 2 aromatic heterocycles. The van der Waals surface area contributed by atoms with E-state index in [1.165, 1.54) is 11.1 Å². The fourth-order valence-electron chi connectivity index (χ4n) is 4.15. The lowest BCUT2D eigenvalue weighted by molar-refractivity contribution is 0.0945. The van der Waals surface area contributed by atoms with E-state index < -0.39 is 6.04 Å². The molecule has 170 valence electrons. The SMILES string of the molecule is Cc1ccc(CCN[C@H](C(=O)c2c[nH]c3cc(-c4nnc(C)o4)ccc23)c2ccccc2)cc1. The Morgan fingerprint density at radius 2 is 1.79 bits per heavy atom. The Morgan fingerprint density at radius 1 is 1.00 bits per heavy atom. The lowest BCUT2D eigenvalue weighted by Gasteiger charge is -2.18. The van der Waals surface area contributed by atoms with Crippen LogP contribution in [0.1, 0.15) is 39.0 Å². The summed E-state index contributed by atoms with van der Waals surface area (Å²) in [6, 6.07) is 23.7. The topological polar surface area (TPSA) is 83.8 Å². The third kappa shape index (κ3) is 4.54. The molecule has 3 aromatic carbocycles. The minimum atomic E-state index is -0.441. The maximum absolute atomic E-state index is 13.7. The number of nitrogens with one attached hydrogen (secondary N) is 2. The van der Waals surface area contributed by atoms with Crippen LogP contribution in [0.15, 0.2) is 83.4 Å². The van der Waals surface area contributed by atoms with E-state index in [2.05, 4.69) is 51.7 Å². The number of aromatic amines is 1. The summed E-state index contributed by atoms with van der Waals surface area (Å²) in [4.78, 5) is 17.0. The lowest BCUT2D eigenvalue weighted by atomic mass is 9.96. The highest BCUT2D eigenvalue weighted by Crippen LogP contribution is 2.28. The van der Waals surface area contributed by atoms with Gasteiger partial charge in [0.25, 0.3) is 0 Å². The molecule has 0 spiro atoms. The summed E-state index contributed by atoms with van der Waals surface area (Å²) < 4.78 is 5.54. The van der Waals surface area contributed by atoms with Gasteiger partial charge in [-0.2, -0.15) is 0 Å². The number of aryl methyl sites for hydroxylation is 2. The molecule has 2 heterocycles. The van der Waals surface area contributed by atoms with Gasteiger partial charge in [-0.15, -0.1) is 10.2 Å². The zero-order valence-electron chi connectivity index (χ0n) is 19.2. The molecular weight excluding hydrogens is 424 g/mol. The summed E-state index contributed by atoms with van der Waals surface area (Å²) in [5.74, 6) is 1.00. The number of rotatable bonds is 8. The van der Waals surface area contributed by atoms with Crippen LogP contribution in [0.4, 0.5) is 0 Å². The van der Waals surface area contributed by atoms with Gasteiger partial charge in [0.15, 0.2) is 5.78 Å². The van der Waals surface area contributed by atoms with Crippen molar-refractivity contribution >= 4 is 16.7 Å². The second kappa shape index (κ2) is 9.45. The number of ketones is 1. The molecule has 0 saturated carbocycles. The first-order chi connectivity index (χ1) is 16.6. The van der Waals surface area contributed by atoms with Crippen molar-refractivity contribution < 1.29 is 9.21 Å². The Morgan fingerprint density at radius 3 is 2.53 bits per heavy atom. The Bertz CT molecular complexity index is 1420. The molecule has 0 radical (unpaired) electrons. The van der Waals surface area contributed by atoms with Gasteiger partial charge < -0.3 is 14.7 Å². The average Bonchev–Trinajstić information content (AvgIpc) is 3.49.